The number of hydrogen-bond acceptors (Lipinski definition) is 1. The summed E-state index contributed by atoms with van der Waals surface area (Å²) in [5, 5.41) is 0. The lowest BCUT2D eigenvalue weighted by Gasteiger charge is -2.11. The molecule has 0 spiro atoms. The monoisotopic (exact) mass is 306 g/mol. The highest BCUT2D eigenvalue weighted by Crippen LogP contribution is 2.25. The zero-order chi connectivity index (χ0) is 16.8. The topological polar surface area (TPSA) is 17.1 Å². The predicted molar refractivity (Wildman–Crippen MR) is 98.9 cm³/mol. The quantitative estimate of drug-likeness (QED) is 0.481. The smallest absolute Gasteiger partial charge is 0.189 e. The van der Waals surface area contributed by atoms with Gasteiger partial charge in [0.2, 0.25) is 0 Å². The van der Waals surface area contributed by atoms with Crippen LogP contribution in [-0.4, -0.2) is 5.78 Å². The predicted octanol–water partition coefficient (Wildman–Crippen LogP) is 5.88. The SMILES string of the molecule is CC/C(=C(/C)C(=O)c1ccc(CC)cc1)c1ccc(CC)cc1. The number of hydrogen-bond donors (Lipinski definition) is 0. The van der Waals surface area contributed by atoms with E-state index in [2.05, 4.69) is 45.0 Å². The summed E-state index contributed by atoms with van der Waals surface area (Å²) in [6, 6.07) is 16.5. The summed E-state index contributed by atoms with van der Waals surface area (Å²) in [5.41, 5.74) is 6.49. The van der Waals surface area contributed by atoms with Gasteiger partial charge in [-0.25, -0.2) is 0 Å². The van der Waals surface area contributed by atoms with Crippen LogP contribution in [0.25, 0.3) is 5.57 Å². The average molecular weight is 306 g/mol. The Morgan fingerprint density at radius 3 is 1.57 bits per heavy atom. The summed E-state index contributed by atoms with van der Waals surface area (Å²) in [6.07, 6.45) is 2.89. The van der Waals surface area contributed by atoms with Gasteiger partial charge in [0.05, 0.1) is 0 Å². The second-order valence-electron chi connectivity index (χ2n) is 5.89. The molecule has 2 rings (SSSR count). The fraction of sp³-hybridized carbons (Fsp3) is 0.318. The van der Waals surface area contributed by atoms with Gasteiger partial charge < -0.3 is 0 Å². The van der Waals surface area contributed by atoms with E-state index in [-0.39, 0.29) is 5.78 Å². The molecular formula is C22H26O. The molecule has 0 atom stereocenters. The van der Waals surface area contributed by atoms with Crippen molar-refractivity contribution in [2.45, 2.75) is 47.0 Å². The summed E-state index contributed by atoms with van der Waals surface area (Å²) in [4.78, 5) is 12.8. The molecule has 1 nitrogen and oxygen atoms in total. The van der Waals surface area contributed by atoms with Crippen LogP contribution in [0.2, 0.25) is 0 Å². The third-order valence-corrected chi connectivity index (χ3v) is 4.48. The molecule has 0 aliphatic heterocycles. The lowest BCUT2D eigenvalue weighted by molar-refractivity contribution is 0.103. The molecule has 0 heterocycles. The van der Waals surface area contributed by atoms with Gasteiger partial charge in [0.25, 0.3) is 0 Å². The highest BCUT2D eigenvalue weighted by atomic mass is 16.1. The Morgan fingerprint density at radius 1 is 0.739 bits per heavy atom. The van der Waals surface area contributed by atoms with Gasteiger partial charge in [0.15, 0.2) is 5.78 Å². The third-order valence-electron chi connectivity index (χ3n) is 4.48. The summed E-state index contributed by atoms with van der Waals surface area (Å²) in [6.45, 7) is 8.33. The molecule has 1 heteroatoms. The molecule has 0 aromatic heterocycles. The number of carbonyl (C=O) groups excluding carboxylic acids is 1. The maximum absolute atomic E-state index is 12.8. The van der Waals surface area contributed by atoms with Crippen LogP contribution in [0, 0.1) is 0 Å². The summed E-state index contributed by atoms with van der Waals surface area (Å²) < 4.78 is 0. The molecule has 120 valence electrons. The molecule has 0 saturated heterocycles. The van der Waals surface area contributed by atoms with E-state index in [1.807, 2.05) is 31.2 Å². The normalized spacial score (nSPS) is 12.0. The van der Waals surface area contributed by atoms with Gasteiger partial charge >= 0.3 is 0 Å². The van der Waals surface area contributed by atoms with E-state index in [0.717, 1.165) is 41.5 Å². The zero-order valence-corrected chi connectivity index (χ0v) is 14.6. The van der Waals surface area contributed by atoms with Crippen LogP contribution < -0.4 is 0 Å². The Bertz CT molecular complexity index is 688. The maximum atomic E-state index is 12.8. The van der Waals surface area contributed by atoms with Crippen molar-refractivity contribution < 1.29 is 4.79 Å². The van der Waals surface area contributed by atoms with E-state index in [9.17, 15) is 4.79 Å². The van der Waals surface area contributed by atoms with Crippen LogP contribution in [0.15, 0.2) is 54.1 Å². The lowest BCUT2D eigenvalue weighted by atomic mass is 9.92. The Labute approximate surface area is 140 Å². The molecule has 0 radical (unpaired) electrons. The standard InChI is InChI=1S/C22H26O/c1-5-17-8-12-19(13-9-17)21(7-3)16(4)22(23)20-14-10-18(6-2)11-15-20/h8-15H,5-7H2,1-4H3/b21-16+. The van der Waals surface area contributed by atoms with E-state index in [1.54, 1.807) is 0 Å². The molecule has 0 fully saturated rings. The maximum Gasteiger partial charge on any atom is 0.189 e. The van der Waals surface area contributed by atoms with Gasteiger partial charge in [-0.05, 0) is 48.4 Å². The number of allylic oxidation sites excluding steroid dienone is 2. The van der Waals surface area contributed by atoms with Gasteiger partial charge in [0.1, 0.15) is 0 Å². The first kappa shape index (κ1) is 17.2. The van der Waals surface area contributed by atoms with E-state index in [0.29, 0.717) is 0 Å². The van der Waals surface area contributed by atoms with Crippen LogP contribution >= 0.6 is 0 Å². The number of carbonyl (C=O) groups is 1. The van der Waals surface area contributed by atoms with E-state index >= 15 is 0 Å². The van der Waals surface area contributed by atoms with Crippen molar-refractivity contribution in [3.05, 3.63) is 76.4 Å². The fourth-order valence-corrected chi connectivity index (χ4v) is 2.87. The highest BCUT2D eigenvalue weighted by Gasteiger charge is 2.13. The summed E-state index contributed by atoms with van der Waals surface area (Å²) >= 11 is 0. The van der Waals surface area contributed by atoms with Gasteiger partial charge in [0, 0.05) is 11.1 Å². The first-order valence-corrected chi connectivity index (χ1v) is 8.53. The lowest BCUT2D eigenvalue weighted by Crippen LogP contribution is -2.04. The van der Waals surface area contributed by atoms with E-state index in [1.165, 1.54) is 11.1 Å². The second kappa shape index (κ2) is 7.92. The van der Waals surface area contributed by atoms with Gasteiger partial charge in [-0.1, -0.05) is 69.3 Å². The minimum absolute atomic E-state index is 0.129. The van der Waals surface area contributed by atoms with Crippen molar-refractivity contribution in [3.8, 4) is 0 Å². The Hall–Kier alpha value is -2.15. The molecule has 2 aromatic rings. The molecule has 23 heavy (non-hydrogen) atoms. The van der Waals surface area contributed by atoms with Crippen LogP contribution in [-0.2, 0) is 12.8 Å². The summed E-state index contributed by atoms with van der Waals surface area (Å²) in [5.74, 6) is 0.129. The first-order valence-electron chi connectivity index (χ1n) is 8.53. The third kappa shape index (κ3) is 3.98. The molecule has 0 saturated carbocycles. The Morgan fingerprint density at radius 2 is 1.17 bits per heavy atom. The largest absolute Gasteiger partial charge is 0.289 e. The van der Waals surface area contributed by atoms with Crippen molar-refractivity contribution >= 4 is 11.4 Å². The number of benzene rings is 2. The molecule has 0 N–H and O–H groups in total. The fourth-order valence-electron chi connectivity index (χ4n) is 2.87. The number of ketones is 1. The molecule has 0 aliphatic carbocycles. The van der Waals surface area contributed by atoms with E-state index in [4.69, 9.17) is 0 Å². The minimum atomic E-state index is 0.129. The molecule has 0 unspecified atom stereocenters. The molecule has 0 aliphatic rings. The van der Waals surface area contributed by atoms with Crippen LogP contribution in [0.3, 0.4) is 0 Å². The van der Waals surface area contributed by atoms with Crippen molar-refractivity contribution in [1.82, 2.24) is 0 Å². The van der Waals surface area contributed by atoms with E-state index < -0.39 is 0 Å². The van der Waals surface area contributed by atoms with Crippen molar-refractivity contribution in [2.75, 3.05) is 0 Å². The number of aryl methyl sites for hydroxylation is 2. The van der Waals surface area contributed by atoms with Gasteiger partial charge in [-0.3, -0.25) is 4.79 Å². The second-order valence-corrected chi connectivity index (χ2v) is 5.89. The average Bonchev–Trinajstić information content (AvgIpc) is 2.62. The van der Waals surface area contributed by atoms with Crippen LogP contribution in [0.5, 0.6) is 0 Å². The molecule has 0 bridgehead atoms. The number of Topliss-reactive ketones (excluding diaryl/α,β-unsaturated/α-hetero) is 1. The Kier molecular flexibility index (Phi) is 5.92. The van der Waals surface area contributed by atoms with Gasteiger partial charge in [-0.15, -0.1) is 0 Å². The van der Waals surface area contributed by atoms with Crippen molar-refractivity contribution in [2.24, 2.45) is 0 Å². The highest BCUT2D eigenvalue weighted by molar-refractivity contribution is 6.12. The van der Waals surface area contributed by atoms with Crippen molar-refractivity contribution in [1.29, 1.82) is 0 Å². The van der Waals surface area contributed by atoms with Crippen LogP contribution in [0.4, 0.5) is 0 Å². The number of rotatable bonds is 6. The summed E-state index contributed by atoms with van der Waals surface area (Å²) in [7, 11) is 0. The molecular weight excluding hydrogens is 280 g/mol. The molecule has 0 amide bonds. The Balaban J connectivity index is 2.35. The van der Waals surface area contributed by atoms with Crippen LogP contribution in [0.1, 0.15) is 61.2 Å². The minimum Gasteiger partial charge on any atom is -0.289 e. The molecule has 2 aromatic carbocycles. The first-order chi connectivity index (χ1) is 11.1. The van der Waals surface area contributed by atoms with Crippen molar-refractivity contribution in [3.63, 3.8) is 0 Å². The zero-order valence-electron chi connectivity index (χ0n) is 14.6. The van der Waals surface area contributed by atoms with Gasteiger partial charge in [-0.2, -0.15) is 0 Å².